The highest BCUT2D eigenvalue weighted by Gasteiger charge is 2.04. The molecule has 3 aromatic rings. The second-order valence-corrected chi connectivity index (χ2v) is 4.91. The number of benzene rings is 2. The number of carbonyl (C=O) groups is 1. The lowest BCUT2D eigenvalue weighted by Crippen LogP contribution is -2.28. The van der Waals surface area contributed by atoms with E-state index in [-0.39, 0.29) is 6.03 Å². The SMILES string of the molecule is O=C(NCc1ccc2ncoc2c1)Nc1cccc(Cl)c1. The van der Waals surface area contributed by atoms with E-state index in [1.807, 2.05) is 18.2 Å². The molecule has 2 N–H and O–H groups in total. The number of fused-ring (bicyclic) bond motifs is 1. The summed E-state index contributed by atoms with van der Waals surface area (Å²) in [6.45, 7) is 0.392. The van der Waals surface area contributed by atoms with Crippen LogP contribution >= 0.6 is 11.6 Å². The average Bonchev–Trinajstić information content (AvgIpc) is 2.92. The number of amides is 2. The fraction of sp³-hybridized carbons (Fsp3) is 0.0667. The Hall–Kier alpha value is -2.53. The van der Waals surface area contributed by atoms with E-state index >= 15 is 0 Å². The second kappa shape index (κ2) is 5.85. The number of urea groups is 1. The van der Waals surface area contributed by atoms with Gasteiger partial charge in [0.05, 0.1) is 0 Å². The van der Waals surface area contributed by atoms with Crippen LogP contribution in [0.3, 0.4) is 0 Å². The van der Waals surface area contributed by atoms with Crippen LogP contribution in [0.15, 0.2) is 53.3 Å². The molecule has 0 radical (unpaired) electrons. The van der Waals surface area contributed by atoms with Crippen molar-refractivity contribution in [1.82, 2.24) is 10.3 Å². The summed E-state index contributed by atoms with van der Waals surface area (Å²) in [6.07, 6.45) is 1.40. The number of halogens is 1. The molecule has 0 atom stereocenters. The quantitative estimate of drug-likeness (QED) is 0.773. The lowest BCUT2D eigenvalue weighted by molar-refractivity contribution is 0.251. The first-order valence-corrected chi connectivity index (χ1v) is 6.71. The maximum atomic E-state index is 11.8. The molecule has 21 heavy (non-hydrogen) atoms. The molecule has 0 spiro atoms. The lowest BCUT2D eigenvalue weighted by Gasteiger charge is -2.08. The molecule has 0 unspecified atom stereocenters. The minimum atomic E-state index is -0.296. The minimum absolute atomic E-state index is 0.296. The number of hydrogen-bond donors (Lipinski definition) is 2. The Morgan fingerprint density at radius 2 is 2.14 bits per heavy atom. The van der Waals surface area contributed by atoms with Gasteiger partial charge in [-0.05, 0) is 35.9 Å². The smallest absolute Gasteiger partial charge is 0.319 e. The molecule has 2 amide bonds. The zero-order valence-corrected chi connectivity index (χ0v) is 11.7. The molecule has 0 aliphatic rings. The van der Waals surface area contributed by atoms with Crippen LogP contribution in [-0.4, -0.2) is 11.0 Å². The molecule has 0 aliphatic heterocycles. The number of oxazole rings is 1. The number of hydrogen-bond acceptors (Lipinski definition) is 3. The fourth-order valence-electron chi connectivity index (χ4n) is 1.93. The maximum Gasteiger partial charge on any atom is 0.319 e. The Bertz CT molecular complexity index is 785. The standard InChI is InChI=1S/C15H12ClN3O2/c16-11-2-1-3-12(7-11)19-15(20)17-8-10-4-5-13-14(6-10)21-9-18-13/h1-7,9H,8H2,(H2,17,19,20). The van der Waals surface area contributed by atoms with E-state index in [9.17, 15) is 4.79 Å². The van der Waals surface area contributed by atoms with Gasteiger partial charge in [-0.1, -0.05) is 23.7 Å². The molecule has 1 heterocycles. The zero-order valence-electron chi connectivity index (χ0n) is 11.0. The Balaban J connectivity index is 1.60. The molecule has 0 aliphatic carbocycles. The molecule has 2 aromatic carbocycles. The van der Waals surface area contributed by atoms with Gasteiger partial charge in [0.1, 0.15) is 5.52 Å². The van der Waals surface area contributed by atoms with Gasteiger partial charge in [-0.15, -0.1) is 0 Å². The molecular weight excluding hydrogens is 290 g/mol. The van der Waals surface area contributed by atoms with Crippen molar-refractivity contribution in [2.45, 2.75) is 6.54 Å². The van der Waals surface area contributed by atoms with Crippen molar-refractivity contribution in [3.63, 3.8) is 0 Å². The summed E-state index contributed by atoms with van der Waals surface area (Å²) in [7, 11) is 0. The summed E-state index contributed by atoms with van der Waals surface area (Å²) in [5, 5.41) is 6.06. The minimum Gasteiger partial charge on any atom is -0.443 e. The van der Waals surface area contributed by atoms with Crippen LogP contribution in [0.1, 0.15) is 5.56 Å². The monoisotopic (exact) mass is 301 g/mol. The molecule has 3 rings (SSSR count). The van der Waals surface area contributed by atoms with E-state index in [0.29, 0.717) is 22.8 Å². The van der Waals surface area contributed by atoms with Crippen LogP contribution in [-0.2, 0) is 6.54 Å². The van der Waals surface area contributed by atoms with Crippen molar-refractivity contribution in [3.05, 3.63) is 59.4 Å². The van der Waals surface area contributed by atoms with Crippen molar-refractivity contribution in [2.24, 2.45) is 0 Å². The molecule has 5 nitrogen and oxygen atoms in total. The van der Waals surface area contributed by atoms with E-state index in [1.165, 1.54) is 6.39 Å². The Labute approximate surface area is 125 Å². The Kier molecular flexibility index (Phi) is 3.75. The van der Waals surface area contributed by atoms with Gasteiger partial charge in [-0.25, -0.2) is 9.78 Å². The van der Waals surface area contributed by atoms with E-state index in [1.54, 1.807) is 24.3 Å². The van der Waals surface area contributed by atoms with Gasteiger partial charge in [0, 0.05) is 17.3 Å². The Morgan fingerprint density at radius 3 is 3.00 bits per heavy atom. The maximum absolute atomic E-state index is 11.8. The molecule has 1 aromatic heterocycles. The first-order chi connectivity index (χ1) is 10.2. The van der Waals surface area contributed by atoms with Gasteiger partial charge in [0.15, 0.2) is 12.0 Å². The summed E-state index contributed by atoms with van der Waals surface area (Å²) >= 11 is 5.86. The zero-order chi connectivity index (χ0) is 14.7. The van der Waals surface area contributed by atoms with Crippen LogP contribution in [0, 0.1) is 0 Å². The third-order valence-electron chi connectivity index (χ3n) is 2.93. The molecule has 0 bridgehead atoms. The van der Waals surface area contributed by atoms with Crippen molar-refractivity contribution >= 4 is 34.4 Å². The number of anilines is 1. The fourth-order valence-corrected chi connectivity index (χ4v) is 2.12. The van der Waals surface area contributed by atoms with Crippen LogP contribution in [0.2, 0.25) is 5.02 Å². The normalized spacial score (nSPS) is 10.5. The summed E-state index contributed by atoms with van der Waals surface area (Å²) in [6, 6.07) is 12.3. The van der Waals surface area contributed by atoms with Crippen molar-refractivity contribution in [1.29, 1.82) is 0 Å². The predicted octanol–water partition coefficient (Wildman–Crippen LogP) is 3.80. The van der Waals surface area contributed by atoms with Gasteiger partial charge in [-0.2, -0.15) is 0 Å². The van der Waals surface area contributed by atoms with Gasteiger partial charge in [0.25, 0.3) is 0 Å². The lowest BCUT2D eigenvalue weighted by atomic mass is 10.2. The summed E-state index contributed by atoms with van der Waals surface area (Å²) < 4.78 is 5.22. The number of carbonyl (C=O) groups excluding carboxylic acids is 1. The number of rotatable bonds is 3. The molecule has 6 heteroatoms. The van der Waals surface area contributed by atoms with Gasteiger partial charge in [-0.3, -0.25) is 0 Å². The summed E-state index contributed by atoms with van der Waals surface area (Å²) in [5.41, 5.74) is 3.07. The van der Waals surface area contributed by atoms with E-state index in [4.69, 9.17) is 16.0 Å². The number of nitrogens with zero attached hydrogens (tertiary/aromatic N) is 1. The van der Waals surface area contributed by atoms with Gasteiger partial charge in [0.2, 0.25) is 0 Å². The van der Waals surface area contributed by atoms with Gasteiger partial charge < -0.3 is 15.1 Å². The molecular formula is C15H12ClN3O2. The summed E-state index contributed by atoms with van der Waals surface area (Å²) in [4.78, 5) is 15.8. The molecule has 0 fully saturated rings. The van der Waals surface area contributed by atoms with E-state index < -0.39 is 0 Å². The topological polar surface area (TPSA) is 67.2 Å². The highest BCUT2D eigenvalue weighted by Crippen LogP contribution is 2.15. The molecule has 0 saturated carbocycles. The predicted molar refractivity (Wildman–Crippen MR) is 81.3 cm³/mol. The van der Waals surface area contributed by atoms with Crippen molar-refractivity contribution in [2.75, 3.05) is 5.32 Å². The summed E-state index contributed by atoms with van der Waals surface area (Å²) in [5.74, 6) is 0. The number of aromatic nitrogens is 1. The van der Waals surface area contributed by atoms with Gasteiger partial charge >= 0.3 is 6.03 Å². The van der Waals surface area contributed by atoms with Crippen LogP contribution in [0.4, 0.5) is 10.5 Å². The van der Waals surface area contributed by atoms with Crippen LogP contribution in [0.25, 0.3) is 11.1 Å². The first-order valence-electron chi connectivity index (χ1n) is 6.33. The highest BCUT2D eigenvalue weighted by molar-refractivity contribution is 6.30. The van der Waals surface area contributed by atoms with Crippen molar-refractivity contribution in [3.8, 4) is 0 Å². The molecule has 106 valence electrons. The third kappa shape index (κ3) is 3.32. The van der Waals surface area contributed by atoms with Crippen LogP contribution in [0.5, 0.6) is 0 Å². The highest BCUT2D eigenvalue weighted by atomic mass is 35.5. The van der Waals surface area contributed by atoms with Crippen molar-refractivity contribution < 1.29 is 9.21 Å². The van der Waals surface area contributed by atoms with E-state index in [2.05, 4.69) is 15.6 Å². The third-order valence-corrected chi connectivity index (χ3v) is 3.17. The second-order valence-electron chi connectivity index (χ2n) is 4.47. The van der Waals surface area contributed by atoms with Crippen LogP contribution < -0.4 is 10.6 Å². The molecule has 0 saturated heterocycles. The largest absolute Gasteiger partial charge is 0.443 e. The van der Waals surface area contributed by atoms with E-state index in [0.717, 1.165) is 11.1 Å². The number of nitrogens with one attached hydrogen (secondary N) is 2. The average molecular weight is 302 g/mol. The first kappa shape index (κ1) is 13.5. The Morgan fingerprint density at radius 1 is 1.24 bits per heavy atom.